The fraction of sp³-hybridized carbons (Fsp3) is 0.467. The van der Waals surface area contributed by atoms with Crippen molar-refractivity contribution in [2.75, 3.05) is 13.1 Å². The molecule has 0 bridgehead atoms. The summed E-state index contributed by atoms with van der Waals surface area (Å²) in [4.78, 5) is 32.9. The molecule has 1 aliphatic heterocycles. The molecule has 0 radical (unpaired) electrons. The molecule has 0 unspecified atom stereocenters. The van der Waals surface area contributed by atoms with Gasteiger partial charge in [0.05, 0.1) is 6.04 Å². The number of hydrogen-bond donors (Lipinski definition) is 1. The minimum atomic E-state index is -0.345. The lowest BCUT2D eigenvalue weighted by Gasteiger charge is -2.33. The maximum atomic E-state index is 12.5. The van der Waals surface area contributed by atoms with Gasteiger partial charge in [0, 0.05) is 19.3 Å². The minimum Gasteiger partial charge on any atom is -0.336 e. The van der Waals surface area contributed by atoms with Crippen LogP contribution in [0.3, 0.4) is 0 Å². The number of nitrogens with one attached hydrogen (secondary N) is 1. The average Bonchev–Trinajstić information content (AvgIpc) is 2.86. The Labute approximate surface area is 128 Å². The quantitative estimate of drug-likeness (QED) is 0.899. The van der Waals surface area contributed by atoms with E-state index in [9.17, 15) is 9.59 Å². The molecule has 3 rings (SSSR count). The molecule has 3 heterocycles. The first-order valence-corrected chi connectivity index (χ1v) is 7.43. The standard InChI is InChI=1S/C15H19N5O2/c1-10-17-11(2)20(18-10)12-5-4-8-19(9-12)15(22)13-6-3-7-16-14(13)21/h3,6-7,12H,4-5,8-9H2,1-2H3,(H,16,21)/t12-/m0/s1. The summed E-state index contributed by atoms with van der Waals surface area (Å²) >= 11 is 0. The summed E-state index contributed by atoms with van der Waals surface area (Å²) in [5, 5.41) is 4.42. The van der Waals surface area contributed by atoms with Gasteiger partial charge in [0.1, 0.15) is 17.2 Å². The third kappa shape index (κ3) is 2.66. The molecule has 1 N–H and O–H groups in total. The molecule has 1 aliphatic rings. The zero-order chi connectivity index (χ0) is 15.7. The summed E-state index contributed by atoms with van der Waals surface area (Å²) in [6.07, 6.45) is 3.37. The van der Waals surface area contributed by atoms with Crippen molar-refractivity contribution in [1.82, 2.24) is 24.6 Å². The van der Waals surface area contributed by atoms with Gasteiger partial charge in [-0.05, 0) is 38.8 Å². The van der Waals surface area contributed by atoms with E-state index in [2.05, 4.69) is 15.1 Å². The maximum Gasteiger partial charge on any atom is 0.260 e. The molecule has 2 aromatic rings. The Morgan fingerprint density at radius 2 is 2.23 bits per heavy atom. The topological polar surface area (TPSA) is 83.9 Å². The number of carbonyl (C=O) groups is 1. The zero-order valence-electron chi connectivity index (χ0n) is 12.7. The number of aromatic nitrogens is 4. The van der Waals surface area contributed by atoms with Crippen LogP contribution < -0.4 is 5.56 Å². The molecule has 0 saturated carbocycles. The van der Waals surface area contributed by atoms with Crippen molar-refractivity contribution in [3.8, 4) is 0 Å². The highest BCUT2D eigenvalue weighted by atomic mass is 16.2. The number of hydrogen-bond acceptors (Lipinski definition) is 4. The van der Waals surface area contributed by atoms with Crippen molar-refractivity contribution in [3.63, 3.8) is 0 Å². The number of likely N-dealkylation sites (tertiary alicyclic amines) is 1. The van der Waals surface area contributed by atoms with Crippen LogP contribution in [0.2, 0.25) is 0 Å². The highest BCUT2D eigenvalue weighted by molar-refractivity contribution is 5.93. The van der Waals surface area contributed by atoms with E-state index in [1.54, 1.807) is 17.0 Å². The number of H-pyrrole nitrogens is 1. The van der Waals surface area contributed by atoms with Crippen LogP contribution in [0.5, 0.6) is 0 Å². The van der Waals surface area contributed by atoms with Gasteiger partial charge in [-0.25, -0.2) is 9.67 Å². The SMILES string of the molecule is Cc1nc(C)n([C@H]2CCCN(C(=O)c3ccc[nH]c3=O)C2)n1. The van der Waals surface area contributed by atoms with E-state index in [1.165, 1.54) is 6.20 Å². The van der Waals surface area contributed by atoms with Gasteiger partial charge in [-0.3, -0.25) is 9.59 Å². The van der Waals surface area contributed by atoms with Crippen molar-refractivity contribution in [3.05, 3.63) is 45.9 Å². The second kappa shape index (κ2) is 5.75. The molecule has 0 aliphatic carbocycles. The number of pyridine rings is 1. The molecule has 7 nitrogen and oxygen atoms in total. The van der Waals surface area contributed by atoms with E-state index in [1.807, 2.05) is 18.5 Å². The first-order valence-electron chi connectivity index (χ1n) is 7.43. The molecule has 0 spiro atoms. The third-order valence-corrected chi connectivity index (χ3v) is 3.99. The number of piperidine rings is 1. The predicted molar refractivity (Wildman–Crippen MR) is 80.7 cm³/mol. The van der Waals surface area contributed by atoms with Gasteiger partial charge in [0.15, 0.2) is 0 Å². The molecular weight excluding hydrogens is 282 g/mol. The number of nitrogens with zero attached hydrogens (tertiary/aromatic N) is 4. The highest BCUT2D eigenvalue weighted by Crippen LogP contribution is 2.22. The van der Waals surface area contributed by atoms with Crippen molar-refractivity contribution in [2.24, 2.45) is 0 Å². The normalized spacial score (nSPS) is 18.5. The zero-order valence-corrected chi connectivity index (χ0v) is 12.7. The van der Waals surface area contributed by atoms with E-state index in [0.29, 0.717) is 13.1 Å². The summed E-state index contributed by atoms with van der Waals surface area (Å²) in [5.74, 6) is 1.37. The second-order valence-corrected chi connectivity index (χ2v) is 5.61. The van der Waals surface area contributed by atoms with Gasteiger partial charge in [-0.2, -0.15) is 5.10 Å². The summed E-state index contributed by atoms with van der Waals surface area (Å²) in [5.41, 5.74) is -0.156. The van der Waals surface area contributed by atoms with Crippen LogP contribution in [-0.2, 0) is 0 Å². The summed E-state index contributed by atoms with van der Waals surface area (Å²) < 4.78 is 1.89. The Bertz CT molecular complexity index is 748. The first-order chi connectivity index (χ1) is 10.6. The van der Waals surface area contributed by atoms with Gasteiger partial charge in [-0.1, -0.05) is 0 Å². The Morgan fingerprint density at radius 3 is 2.91 bits per heavy atom. The molecule has 1 saturated heterocycles. The second-order valence-electron chi connectivity index (χ2n) is 5.61. The largest absolute Gasteiger partial charge is 0.336 e. The van der Waals surface area contributed by atoms with Crippen molar-refractivity contribution in [2.45, 2.75) is 32.7 Å². The van der Waals surface area contributed by atoms with Gasteiger partial charge >= 0.3 is 0 Å². The Hall–Kier alpha value is -2.44. The van der Waals surface area contributed by atoms with Crippen molar-refractivity contribution < 1.29 is 4.79 Å². The summed E-state index contributed by atoms with van der Waals surface area (Å²) in [6, 6.07) is 3.35. The molecule has 1 fully saturated rings. The van der Waals surface area contributed by atoms with Crippen LogP contribution in [-0.4, -0.2) is 43.6 Å². The minimum absolute atomic E-state index is 0.113. The smallest absolute Gasteiger partial charge is 0.260 e. The third-order valence-electron chi connectivity index (χ3n) is 3.99. The van der Waals surface area contributed by atoms with Crippen LogP contribution in [0.4, 0.5) is 0 Å². The number of carbonyl (C=O) groups excluding carboxylic acids is 1. The van der Waals surface area contributed by atoms with E-state index in [4.69, 9.17) is 0 Å². The highest BCUT2D eigenvalue weighted by Gasteiger charge is 2.28. The molecule has 22 heavy (non-hydrogen) atoms. The Morgan fingerprint density at radius 1 is 1.41 bits per heavy atom. The molecule has 116 valence electrons. The molecule has 1 atom stereocenters. The van der Waals surface area contributed by atoms with Crippen LogP contribution >= 0.6 is 0 Å². The average molecular weight is 301 g/mol. The Balaban J connectivity index is 1.81. The number of amides is 1. The molecule has 1 amide bonds. The van der Waals surface area contributed by atoms with Crippen molar-refractivity contribution in [1.29, 1.82) is 0 Å². The molecular formula is C15H19N5O2. The van der Waals surface area contributed by atoms with E-state index in [0.717, 1.165) is 24.5 Å². The fourth-order valence-corrected chi connectivity index (χ4v) is 2.98. The monoisotopic (exact) mass is 301 g/mol. The summed E-state index contributed by atoms with van der Waals surface area (Å²) in [7, 11) is 0. The number of aryl methyl sites for hydroxylation is 2. The Kier molecular flexibility index (Phi) is 3.79. The van der Waals surface area contributed by atoms with Crippen LogP contribution in [0, 0.1) is 13.8 Å². The van der Waals surface area contributed by atoms with Gasteiger partial charge in [0.2, 0.25) is 0 Å². The fourth-order valence-electron chi connectivity index (χ4n) is 2.98. The lowest BCUT2D eigenvalue weighted by molar-refractivity contribution is 0.0669. The van der Waals surface area contributed by atoms with Crippen LogP contribution in [0.15, 0.2) is 23.1 Å². The summed E-state index contributed by atoms with van der Waals surface area (Å²) in [6.45, 7) is 4.99. The lowest BCUT2D eigenvalue weighted by Crippen LogP contribution is -2.42. The van der Waals surface area contributed by atoms with Gasteiger partial charge in [-0.15, -0.1) is 0 Å². The number of rotatable bonds is 2. The lowest BCUT2D eigenvalue weighted by atomic mass is 10.0. The maximum absolute atomic E-state index is 12.5. The van der Waals surface area contributed by atoms with Crippen LogP contribution in [0.25, 0.3) is 0 Å². The number of aromatic amines is 1. The van der Waals surface area contributed by atoms with Crippen LogP contribution in [0.1, 0.15) is 40.9 Å². The van der Waals surface area contributed by atoms with E-state index >= 15 is 0 Å². The van der Waals surface area contributed by atoms with E-state index in [-0.39, 0.29) is 23.1 Å². The predicted octanol–water partition coefficient (Wildman–Crippen LogP) is 1.06. The van der Waals surface area contributed by atoms with Gasteiger partial charge in [0.25, 0.3) is 11.5 Å². The first kappa shape index (κ1) is 14.5. The molecule has 0 aromatic carbocycles. The van der Waals surface area contributed by atoms with Gasteiger partial charge < -0.3 is 9.88 Å². The van der Waals surface area contributed by atoms with E-state index < -0.39 is 0 Å². The molecule has 7 heteroatoms. The molecule has 2 aromatic heterocycles. The van der Waals surface area contributed by atoms with Crippen molar-refractivity contribution >= 4 is 5.91 Å².